The summed E-state index contributed by atoms with van der Waals surface area (Å²) < 4.78 is 0. The van der Waals surface area contributed by atoms with Crippen molar-refractivity contribution in [3.05, 3.63) is 46.0 Å². The molecule has 2 N–H and O–H groups in total. The van der Waals surface area contributed by atoms with Crippen LogP contribution in [0.15, 0.2) is 35.4 Å². The van der Waals surface area contributed by atoms with E-state index in [0.29, 0.717) is 18.0 Å². The minimum absolute atomic E-state index is 0.0242. The second kappa shape index (κ2) is 7.20. The molecule has 1 aromatic rings. The molecule has 2 fully saturated rings. The van der Waals surface area contributed by atoms with Crippen molar-refractivity contribution in [2.75, 3.05) is 6.54 Å². The first-order valence-corrected chi connectivity index (χ1v) is 9.20. The zero-order chi connectivity index (χ0) is 18.1. The Labute approximate surface area is 153 Å². The van der Waals surface area contributed by atoms with Crippen LogP contribution in [0.1, 0.15) is 32.3 Å². The molecule has 0 aliphatic heterocycles. The molecule has 0 heterocycles. The van der Waals surface area contributed by atoms with Gasteiger partial charge in [0.2, 0.25) is 5.91 Å². The number of benzene rings is 1. The zero-order valence-corrected chi connectivity index (χ0v) is 15.3. The molecule has 5 heteroatoms. The Hall–Kier alpha value is -1.81. The lowest BCUT2D eigenvalue weighted by Gasteiger charge is -2.26. The van der Waals surface area contributed by atoms with E-state index in [4.69, 9.17) is 11.6 Å². The van der Waals surface area contributed by atoms with Crippen LogP contribution in [0.5, 0.6) is 0 Å². The largest absolute Gasteiger partial charge is 0.481 e. The van der Waals surface area contributed by atoms with E-state index in [0.717, 1.165) is 18.4 Å². The fourth-order valence-corrected chi connectivity index (χ4v) is 4.96. The van der Waals surface area contributed by atoms with E-state index in [2.05, 4.69) is 5.32 Å². The van der Waals surface area contributed by atoms with Crippen molar-refractivity contribution in [2.45, 2.75) is 33.1 Å². The maximum atomic E-state index is 12.8. The molecule has 1 amide bonds. The van der Waals surface area contributed by atoms with Crippen molar-refractivity contribution in [1.29, 1.82) is 0 Å². The summed E-state index contributed by atoms with van der Waals surface area (Å²) in [4.78, 5) is 24.5. The Morgan fingerprint density at radius 2 is 1.88 bits per heavy atom. The molecule has 2 aliphatic carbocycles. The Bertz CT molecular complexity index is 723. The minimum Gasteiger partial charge on any atom is -0.481 e. The van der Waals surface area contributed by atoms with Gasteiger partial charge in [-0.3, -0.25) is 9.59 Å². The molecule has 4 nitrogen and oxygen atoms in total. The Kier molecular flexibility index (Phi) is 5.19. The molecule has 4 atom stereocenters. The number of amides is 1. The Balaban J connectivity index is 1.68. The molecule has 0 unspecified atom stereocenters. The number of allylic oxidation sites excluding steroid dienone is 2. The average Bonchev–Trinajstić information content (AvgIpc) is 3.10. The fourth-order valence-electron chi connectivity index (χ4n) is 4.75. The van der Waals surface area contributed by atoms with Crippen molar-refractivity contribution >= 4 is 23.5 Å². The highest BCUT2D eigenvalue weighted by molar-refractivity contribution is 6.30. The fraction of sp³-hybridized carbons (Fsp3) is 0.500. The number of carbonyl (C=O) groups excluding carboxylic acids is 1. The topological polar surface area (TPSA) is 66.4 Å². The van der Waals surface area contributed by atoms with Crippen LogP contribution in [0.2, 0.25) is 5.02 Å². The van der Waals surface area contributed by atoms with Crippen LogP contribution in [-0.4, -0.2) is 23.5 Å². The molecule has 0 saturated heterocycles. The second-order valence-corrected chi connectivity index (χ2v) is 7.74. The maximum Gasteiger partial charge on any atom is 0.307 e. The summed E-state index contributed by atoms with van der Waals surface area (Å²) in [7, 11) is 0. The first-order valence-electron chi connectivity index (χ1n) is 8.82. The lowest BCUT2D eigenvalue weighted by molar-refractivity contribution is -0.149. The van der Waals surface area contributed by atoms with Crippen molar-refractivity contribution < 1.29 is 14.7 Å². The van der Waals surface area contributed by atoms with Crippen LogP contribution in [0.25, 0.3) is 0 Å². The van der Waals surface area contributed by atoms with E-state index in [-0.39, 0.29) is 17.7 Å². The molecule has 134 valence electrons. The van der Waals surface area contributed by atoms with Crippen LogP contribution < -0.4 is 5.32 Å². The summed E-state index contributed by atoms with van der Waals surface area (Å²) in [6.45, 7) is 4.54. The van der Waals surface area contributed by atoms with Crippen LogP contribution in [0, 0.1) is 23.7 Å². The number of hydrogen-bond donors (Lipinski definition) is 2. The SMILES string of the molecule is CC(C)=C1[C@H]2CC[C@@H]1[C@@H](C(=O)NCCc1cccc(Cl)c1)[C@H]2C(=O)O. The van der Waals surface area contributed by atoms with Crippen LogP contribution >= 0.6 is 11.6 Å². The molecule has 0 spiro atoms. The molecule has 25 heavy (non-hydrogen) atoms. The molecular weight excluding hydrogens is 338 g/mol. The van der Waals surface area contributed by atoms with E-state index in [1.165, 1.54) is 11.1 Å². The maximum absolute atomic E-state index is 12.8. The van der Waals surface area contributed by atoms with Gasteiger partial charge < -0.3 is 10.4 Å². The van der Waals surface area contributed by atoms with Gasteiger partial charge in [-0.25, -0.2) is 0 Å². The number of halogens is 1. The predicted molar refractivity (Wildman–Crippen MR) is 97.4 cm³/mol. The van der Waals surface area contributed by atoms with E-state index in [1.54, 1.807) is 0 Å². The molecule has 1 aromatic carbocycles. The van der Waals surface area contributed by atoms with E-state index >= 15 is 0 Å². The number of aliphatic carboxylic acids is 1. The Morgan fingerprint density at radius 1 is 1.20 bits per heavy atom. The number of carboxylic acids is 1. The number of carbonyl (C=O) groups is 2. The van der Waals surface area contributed by atoms with Gasteiger partial charge in [0.1, 0.15) is 0 Å². The third kappa shape index (κ3) is 3.45. The standard InChI is InChI=1S/C20H24ClNO3/c1-11(2)16-14-6-7-15(16)18(20(24)25)17(14)19(23)22-9-8-12-4-3-5-13(21)10-12/h3-5,10,14-15,17-18H,6-9H2,1-2H3,(H,22,23)(H,24,25)/t14-,15+,17+,18-/m0/s1. The van der Waals surface area contributed by atoms with Gasteiger partial charge in [-0.1, -0.05) is 34.9 Å². The summed E-state index contributed by atoms with van der Waals surface area (Å²) >= 11 is 5.97. The van der Waals surface area contributed by atoms with E-state index < -0.39 is 17.8 Å². The normalized spacial score (nSPS) is 27.4. The van der Waals surface area contributed by atoms with Gasteiger partial charge in [-0.2, -0.15) is 0 Å². The first-order chi connectivity index (χ1) is 11.9. The number of fused-ring (bicyclic) bond motifs is 2. The van der Waals surface area contributed by atoms with Crippen LogP contribution in [-0.2, 0) is 16.0 Å². The minimum atomic E-state index is -0.846. The molecule has 0 aromatic heterocycles. The molecule has 3 rings (SSSR count). The zero-order valence-electron chi connectivity index (χ0n) is 14.6. The third-order valence-electron chi connectivity index (χ3n) is 5.61. The summed E-state index contributed by atoms with van der Waals surface area (Å²) in [5.41, 5.74) is 3.44. The van der Waals surface area contributed by atoms with Gasteiger partial charge in [0.05, 0.1) is 11.8 Å². The van der Waals surface area contributed by atoms with Gasteiger partial charge in [0, 0.05) is 11.6 Å². The van der Waals surface area contributed by atoms with Crippen molar-refractivity contribution in [1.82, 2.24) is 5.32 Å². The van der Waals surface area contributed by atoms with Gasteiger partial charge in [0.25, 0.3) is 0 Å². The van der Waals surface area contributed by atoms with Gasteiger partial charge in [-0.15, -0.1) is 0 Å². The number of carboxylic acid groups (broad SMARTS) is 1. The number of nitrogens with one attached hydrogen (secondary N) is 1. The third-order valence-corrected chi connectivity index (χ3v) is 5.84. The lowest BCUT2D eigenvalue weighted by atomic mass is 9.78. The van der Waals surface area contributed by atoms with Crippen molar-refractivity contribution in [3.63, 3.8) is 0 Å². The van der Waals surface area contributed by atoms with Gasteiger partial charge in [-0.05, 0) is 62.6 Å². The van der Waals surface area contributed by atoms with Gasteiger partial charge in [0.15, 0.2) is 0 Å². The molecule has 2 saturated carbocycles. The van der Waals surface area contributed by atoms with Gasteiger partial charge >= 0.3 is 5.97 Å². The summed E-state index contributed by atoms with van der Waals surface area (Å²) in [5.74, 6) is -1.89. The smallest absolute Gasteiger partial charge is 0.307 e. The highest BCUT2D eigenvalue weighted by Crippen LogP contribution is 2.57. The molecular formula is C20H24ClNO3. The quantitative estimate of drug-likeness (QED) is 0.786. The highest BCUT2D eigenvalue weighted by atomic mass is 35.5. The Morgan fingerprint density at radius 3 is 2.48 bits per heavy atom. The second-order valence-electron chi connectivity index (χ2n) is 7.31. The predicted octanol–water partition coefficient (Wildman–Crippen LogP) is 3.69. The average molecular weight is 362 g/mol. The van der Waals surface area contributed by atoms with Crippen LogP contribution in [0.3, 0.4) is 0 Å². The monoisotopic (exact) mass is 361 g/mol. The van der Waals surface area contributed by atoms with E-state index in [9.17, 15) is 14.7 Å². The highest BCUT2D eigenvalue weighted by Gasteiger charge is 2.57. The molecule has 2 aliphatic rings. The number of hydrogen-bond acceptors (Lipinski definition) is 2. The van der Waals surface area contributed by atoms with Crippen LogP contribution in [0.4, 0.5) is 0 Å². The summed E-state index contributed by atoms with van der Waals surface area (Å²) in [6.07, 6.45) is 2.48. The van der Waals surface area contributed by atoms with E-state index in [1.807, 2.05) is 38.1 Å². The molecule has 2 bridgehead atoms. The van der Waals surface area contributed by atoms with Crippen molar-refractivity contribution in [3.8, 4) is 0 Å². The summed E-state index contributed by atoms with van der Waals surface area (Å²) in [6, 6.07) is 7.55. The lowest BCUT2D eigenvalue weighted by Crippen LogP contribution is -2.41. The number of rotatable bonds is 5. The first kappa shape index (κ1) is 18.0. The van der Waals surface area contributed by atoms with Crippen molar-refractivity contribution in [2.24, 2.45) is 23.7 Å². The summed E-state index contributed by atoms with van der Waals surface area (Å²) in [5, 5.41) is 13.3. The molecule has 0 radical (unpaired) electrons.